The summed E-state index contributed by atoms with van der Waals surface area (Å²) >= 11 is 3.49. The Kier molecular flexibility index (Phi) is 4.18. The SMILES string of the molecule is CN1C=CC(C(C)(C)c2ccc([N+](=O)[O-])cc2Br)CC1. The van der Waals surface area contributed by atoms with Crippen LogP contribution in [0.2, 0.25) is 0 Å². The van der Waals surface area contributed by atoms with Gasteiger partial charge in [-0.05, 0) is 29.5 Å². The van der Waals surface area contributed by atoms with E-state index in [-0.39, 0.29) is 16.0 Å². The van der Waals surface area contributed by atoms with Crippen molar-refractivity contribution >= 4 is 21.6 Å². The minimum absolute atomic E-state index is 0.0638. The Morgan fingerprint density at radius 1 is 1.45 bits per heavy atom. The zero-order valence-electron chi connectivity index (χ0n) is 12.0. The molecule has 4 nitrogen and oxygen atoms in total. The molecule has 0 radical (unpaired) electrons. The van der Waals surface area contributed by atoms with Gasteiger partial charge in [0.15, 0.2) is 0 Å². The first kappa shape index (κ1) is 15.0. The van der Waals surface area contributed by atoms with E-state index in [9.17, 15) is 10.1 Å². The van der Waals surface area contributed by atoms with Gasteiger partial charge >= 0.3 is 0 Å². The van der Waals surface area contributed by atoms with Crippen LogP contribution in [-0.4, -0.2) is 23.4 Å². The van der Waals surface area contributed by atoms with Crippen LogP contribution in [0.15, 0.2) is 34.9 Å². The van der Waals surface area contributed by atoms with Crippen LogP contribution in [0, 0.1) is 16.0 Å². The predicted octanol–water partition coefficient (Wildman–Crippen LogP) is 4.10. The molecule has 0 bridgehead atoms. The monoisotopic (exact) mass is 338 g/mol. The summed E-state index contributed by atoms with van der Waals surface area (Å²) in [6.45, 7) is 5.42. The molecule has 0 aromatic heterocycles. The van der Waals surface area contributed by atoms with Gasteiger partial charge in [0.1, 0.15) is 0 Å². The van der Waals surface area contributed by atoms with E-state index in [0.717, 1.165) is 23.0 Å². The number of halogens is 1. The predicted molar refractivity (Wildman–Crippen MR) is 83.7 cm³/mol. The Bertz CT molecular complexity index is 555. The van der Waals surface area contributed by atoms with Crippen molar-refractivity contribution in [2.45, 2.75) is 25.7 Å². The molecule has 2 rings (SSSR count). The third-order valence-corrected chi connectivity index (χ3v) is 4.81. The minimum Gasteiger partial charge on any atom is -0.381 e. The molecule has 1 atom stereocenters. The van der Waals surface area contributed by atoms with Crippen molar-refractivity contribution < 1.29 is 4.92 Å². The average molecular weight is 339 g/mol. The van der Waals surface area contributed by atoms with Crippen LogP contribution in [-0.2, 0) is 5.41 Å². The normalized spacial score (nSPS) is 19.2. The van der Waals surface area contributed by atoms with Crippen molar-refractivity contribution in [2.75, 3.05) is 13.6 Å². The molecule has 0 amide bonds. The van der Waals surface area contributed by atoms with Crippen molar-refractivity contribution in [1.82, 2.24) is 4.90 Å². The maximum absolute atomic E-state index is 10.8. The zero-order chi connectivity index (χ0) is 14.9. The number of nitro benzene ring substituents is 1. The molecule has 5 heteroatoms. The first-order valence-corrected chi connectivity index (χ1v) is 7.44. The molecule has 0 saturated carbocycles. The fourth-order valence-electron chi connectivity index (χ4n) is 2.71. The molecule has 1 unspecified atom stereocenters. The number of hydrogen-bond donors (Lipinski definition) is 0. The summed E-state index contributed by atoms with van der Waals surface area (Å²) in [6, 6.07) is 5.05. The molecule has 0 fully saturated rings. The van der Waals surface area contributed by atoms with Gasteiger partial charge in [0, 0.05) is 30.2 Å². The molecular weight excluding hydrogens is 320 g/mol. The number of allylic oxidation sites excluding steroid dienone is 1. The van der Waals surface area contributed by atoms with Gasteiger partial charge in [-0.2, -0.15) is 0 Å². The minimum atomic E-state index is -0.364. The molecule has 0 aliphatic carbocycles. The van der Waals surface area contributed by atoms with E-state index >= 15 is 0 Å². The Labute approximate surface area is 127 Å². The van der Waals surface area contributed by atoms with Crippen molar-refractivity contribution in [2.24, 2.45) is 5.92 Å². The van der Waals surface area contributed by atoms with Gasteiger partial charge in [-0.1, -0.05) is 41.9 Å². The molecule has 1 heterocycles. The first-order chi connectivity index (χ1) is 9.32. The van der Waals surface area contributed by atoms with Gasteiger partial charge in [-0.3, -0.25) is 10.1 Å². The van der Waals surface area contributed by atoms with Crippen LogP contribution in [0.25, 0.3) is 0 Å². The summed E-state index contributed by atoms with van der Waals surface area (Å²) < 4.78 is 0.809. The molecule has 1 aliphatic heterocycles. The maximum Gasteiger partial charge on any atom is 0.270 e. The van der Waals surface area contributed by atoms with Crippen LogP contribution >= 0.6 is 15.9 Å². The third-order valence-electron chi connectivity index (χ3n) is 4.15. The summed E-state index contributed by atoms with van der Waals surface area (Å²) in [5, 5.41) is 10.8. The van der Waals surface area contributed by atoms with Gasteiger partial charge in [-0.15, -0.1) is 0 Å². The van der Waals surface area contributed by atoms with Crippen molar-refractivity contribution in [3.8, 4) is 0 Å². The van der Waals surface area contributed by atoms with Crippen molar-refractivity contribution in [1.29, 1.82) is 0 Å². The lowest BCUT2D eigenvalue weighted by Crippen LogP contribution is -2.33. The van der Waals surface area contributed by atoms with Gasteiger partial charge in [0.2, 0.25) is 0 Å². The number of non-ortho nitro benzene ring substituents is 1. The van der Waals surface area contributed by atoms with E-state index in [0.29, 0.717) is 5.92 Å². The molecule has 108 valence electrons. The molecule has 0 spiro atoms. The first-order valence-electron chi connectivity index (χ1n) is 6.65. The van der Waals surface area contributed by atoms with E-state index in [1.807, 2.05) is 6.07 Å². The Morgan fingerprint density at radius 2 is 2.15 bits per heavy atom. The number of rotatable bonds is 3. The summed E-state index contributed by atoms with van der Waals surface area (Å²) in [5.74, 6) is 0.427. The highest BCUT2D eigenvalue weighted by molar-refractivity contribution is 9.10. The third kappa shape index (κ3) is 2.87. The van der Waals surface area contributed by atoms with Crippen molar-refractivity contribution in [3.63, 3.8) is 0 Å². The van der Waals surface area contributed by atoms with Crippen molar-refractivity contribution in [3.05, 3.63) is 50.6 Å². The van der Waals surface area contributed by atoms with Gasteiger partial charge in [-0.25, -0.2) is 0 Å². The second-order valence-corrected chi connectivity index (χ2v) is 6.71. The van der Waals surface area contributed by atoms with E-state index in [2.05, 4.69) is 54.0 Å². The second-order valence-electron chi connectivity index (χ2n) is 5.86. The quantitative estimate of drug-likeness (QED) is 0.615. The lowest BCUT2D eigenvalue weighted by molar-refractivity contribution is -0.385. The average Bonchev–Trinajstić information content (AvgIpc) is 2.38. The highest BCUT2D eigenvalue weighted by atomic mass is 79.9. The highest BCUT2D eigenvalue weighted by Crippen LogP contribution is 2.40. The Morgan fingerprint density at radius 3 is 2.65 bits per heavy atom. The summed E-state index contributed by atoms with van der Waals surface area (Å²) in [6.07, 6.45) is 5.44. The maximum atomic E-state index is 10.8. The van der Waals surface area contributed by atoms with E-state index in [4.69, 9.17) is 0 Å². The van der Waals surface area contributed by atoms with E-state index < -0.39 is 0 Å². The van der Waals surface area contributed by atoms with E-state index in [1.54, 1.807) is 12.1 Å². The Hall–Kier alpha value is -1.36. The summed E-state index contributed by atoms with van der Waals surface area (Å²) in [7, 11) is 2.07. The van der Waals surface area contributed by atoms with Crippen LogP contribution in [0.1, 0.15) is 25.8 Å². The molecule has 1 aromatic carbocycles. The number of nitrogens with zero attached hydrogens (tertiary/aromatic N) is 2. The summed E-state index contributed by atoms with van der Waals surface area (Å²) in [4.78, 5) is 12.6. The molecule has 1 aromatic rings. The lowest BCUT2D eigenvalue weighted by Gasteiger charge is -2.37. The fraction of sp³-hybridized carbons (Fsp3) is 0.467. The van der Waals surface area contributed by atoms with Crippen LogP contribution in [0.4, 0.5) is 5.69 Å². The van der Waals surface area contributed by atoms with Gasteiger partial charge < -0.3 is 4.90 Å². The number of benzene rings is 1. The van der Waals surface area contributed by atoms with Crippen LogP contribution in [0.5, 0.6) is 0 Å². The number of nitro groups is 1. The number of hydrogen-bond acceptors (Lipinski definition) is 3. The van der Waals surface area contributed by atoms with Crippen LogP contribution < -0.4 is 0 Å². The fourth-order valence-corrected chi connectivity index (χ4v) is 3.58. The lowest BCUT2D eigenvalue weighted by atomic mass is 9.71. The zero-order valence-corrected chi connectivity index (χ0v) is 13.6. The van der Waals surface area contributed by atoms with E-state index in [1.165, 1.54) is 0 Å². The largest absolute Gasteiger partial charge is 0.381 e. The topological polar surface area (TPSA) is 46.4 Å². The van der Waals surface area contributed by atoms with Gasteiger partial charge in [0.05, 0.1) is 4.92 Å². The molecule has 20 heavy (non-hydrogen) atoms. The standard InChI is InChI=1S/C15H19BrN2O2/c1-15(2,11-6-8-17(3)9-7-11)13-5-4-12(18(19)20)10-14(13)16/h4-6,8,10-11H,7,9H2,1-3H3. The summed E-state index contributed by atoms with van der Waals surface area (Å²) in [5.41, 5.74) is 1.17. The Balaban J connectivity index is 2.34. The molecular formula is C15H19BrN2O2. The molecule has 0 N–H and O–H groups in total. The second kappa shape index (κ2) is 5.56. The van der Waals surface area contributed by atoms with Crippen LogP contribution in [0.3, 0.4) is 0 Å². The smallest absolute Gasteiger partial charge is 0.270 e. The highest BCUT2D eigenvalue weighted by Gasteiger charge is 2.33. The molecule has 0 saturated heterocycles. The molecule has 1 aliphatic rings. The van der Waals surface area contributed by atoms with Gasteiger partial charge in [0.25, 0.3) is 5.69 Å².